The number of carbonyl (C=O) groups excluding carboxylic acids is 1. The summed E-state index contributed by atoms with van der Waals surface area (Å²) in [5.41, 5.74) is -0.409. The number of rotatable bonds is 2. The Kier molecular flexibility index (Phi) is 5.09. The number of alkyl carbamates (subject to hydrolysis) is 1. The predicted molar refractivity (Wildman–Crippen MR) is 68.9 cm³/mol. The molecule has 1 saturated carbocycles. The third kappa shape index (κ3) is 5.19. The summed E-state index contributed by atoms with van der Waals surface area (Å²) < 4.78 is 5.25. The lowest BCUT2D eigenvalue weighted by atomic mass is 9.87. The van der Waals surface area contributed by atoms with Gasteiger partial charge in [-0.15, -0.1) is 0 Å². The molecule has 0 unspecified atom stereocenters. The molecule has 1 fully saturated rings. The highest BCUT2D eigenvalue weighted by Crippen LogP contribution is 2.25. The molecule has 1 N–H and O–H groups in total. The molecule has 1 aliphatic rings. The van der Waals surface area contributed by atoms with Crippen molar-refractivity contribution >= 4 is 22.0 Å². The first-order valence-corrected chi connectivity index (χ1v) is 7.08. The van der Waals surface area contributed by atoms with Gasteiger partial charge in [0.05, 0.1) is 0 Å². The molecule has 0 radical (unpaired) electrons. The van der Waals surface area contributed by atoms with Gasteiger partial charge in [0.1, 0.15) is 5.60 Å². The van der Waals surface area contributed by atoms with Gasteiger partial charge in [-0.05, 0) is 46.0 Å². The van der Waals surface area contributed by atoms with Gasteiger partial charge < -0.3 is 10.1 Å². The average molecular weight is 292 g/mol. The fourth-order valence-electron chi connectivity index (χ4n) is 2.04. The lowest BCUT2D eigenvalue weighted by Crippen LogP contribution is -2.41. The lowest BCUT2D eigenvalue weighted by Gasteiger charge is -2.29. The fraction of sp³-hybridized carbons (Fsp3) is 0.917. The van der Waals surface area contributed by atoms with Crippen LogP contribution in [0.15, 0.2) is 0 Å². The van der Waals surface area contributed by atoms with E-state index >= 15 is 0 Å². The van der Waals surface area contributed by atoms with E-state index in [0.717, 1.165) is 18.2 Å². The first-order chi connectivity index (χ1) is 7.40. The fourth-order valence-corrected chi connectivity index (χ4v) is 2.62. The zero-order valence-corrected chi connectivity index (χ0v) is 12.0. The molecule has 1 amide bonds. The normalized spacial score (nSPS) is 26.2. The van der Waals surface area contributed by atoms with E-state index in [0.29, 0.717) is 5.92 Å². The van der Waals surface area contributed by atoms with Crippen LogP contribution in [0.3, 0.4) is 0 Å². The molecule has 16 heavy (non-hydrogen) atoms. The van der Waals surface area contributed by atoms with Crippen LogP contribution in [-0.2, 0) is 4.74 Å². The quantitative estimate of drug-likeness (QED) is 0.791. The number of carbonyl (C=O) groups is 1. The number of nitrogens with one attached hydrogen (secondary N) is 1. The number of amides is 1. The van der Waals surface area contributed by atoms with Crippen LogP contribution >= 0.6 is 15.9 Å². The SMILES string of the molecule is CC(C)(C)OC(=O)N[C@H]1CCC[C@H](CBr)C1. The van der Waals surface area contributed by atoms with Crippen LogP contribution in [0.2, 0.25) is 0 Å². The molecular formula is C12H22BrNO2. The second kappa shape index (κ2) is 5.89. The van der Waals surface area contributed by atoms with Crippen LogP contribution in [0, 0.1) is 5.92 Å². The molecule has 94 valence electrons. The largest absolute Gasteiger partial charge is 0.444 e. The van der Waals surface area contributed by atoms with E-state index in [9.17, 15) is 4.79 Å². The summed E-state index contributed by atoms with van der Waals surface area (Å²) >= 11 is 3.51. The van der Waals surface area contributed by atoms with Gasteiger partial charge in [-0.25, -0.2) is 4.79 Å². The third-order valence-electron chi connectivity index (χ3n) is 2.72. The van der Waals surface area contributed by atoms with Crippen molar-refractivity contribution in [3.05, 3.63) is 0 Å². The van der Waals surface area contributed by atoms with Gasteiger partial charge in [0.2, 0.25) is 0 Å². The molecule has 0 saturated heterocycles. The van der Waals surface area contributed by atoms with Crippen molar-refractivity contribution in [3.63, 3.8) is 0 Å². The Morgan fingerprint density at radius 3 is 2.69 bits per heavy atom. The maximum absolute atomic E-state index is 11.6. The Balaban J connectivity index is 2.33. The van der Waals surface area contributed by atoms with Crippen molar-refractivity contribution < 1.29 is 9.53 Å². The average Bonchev–Trinajstić information content (AvgIpc) is 2.15. The standard InChI is InChI=1S/C12H22BrNO2/c1-12(2,3)16-11(15)14-10-6-4-5-9(7-10)8-13/h9-10H,4-8H2,1-3H3,(H,14,15)/t9-,10-/m0/s1. The number of halogens is 1. The monoisotopic (exact) mass is 291 g/mol. The zero-order chi connectivity index (χ0) is 12.2. The Bertz CT molecular complexity index is 238. The van der Waals surface area contributed by atoms with Crippen molar-refractivity contribution in [2.75, 3.05) is 5.33 Å². The molecule has 1 aliphatic carbocycles. The zero-order valence-electron chi connectivity index (χ0n) is 10.4. The molecule has 0 aromatic rings. The summed E-state index contributed by atoms with van der Waals surface area (Å²) in [5.74, 6) is 0.689. The van der Waals surface area contributed by atoms with E-state index in [1.807, 2.05) is 20.8 Å². The third-order valence-corrected chi connectivity index (χ3v) is 3.64. The second-order valence-corrected chi connectivity index (χ2v) is 6.18. The number of ether oxygens (including phenoxy) is 1. The number of hydrogen-bond acceptors (Lipinski definition) is 2. The topological polar surface area (TPSA) is 38.3 Å². The van der Waals surface area contributed by atoms with E-state index < -0.39 is 5.60 Å². The molecule has 1 rings (SSSR count). The van der Waals surface area contributed by atoms with Crippen LogP contribution in [0.4, 0.5) is 4.79 Å². The van der Waals surface area contributed by atoms with Crippen LogP contribution in [0.5, 0.6) is 0 Å². The molecule has 0 bridgehead atoms. The van der Waals surface area contributed by atoms with E-state index in [1.54, 1.807) is 0 Å². The Morgan fingerprint density at radius 1 is 1.44 bits per heavy atom. The van der Waals surface area contributed by atoms with Crippen LogP contribution in [0.25, 0.3) is 0 Å². The molecule has 2 atom stereocenters. The van der Waals surface area contributed by atoms with Crippen molar-refractivity contribution in [3.8, 4) is 0 Å². The lowest BCUT2D eigenvalue weighted by molar-refractivity contribution is 0.0487. The van der Waals surface area contributed by atoms with Crippen LogP contribution in [-0.4, -0.2) is 23.1 Å². The van der Waals surface area contributed by atoms with Gasteiger partial charge in [-0.1, -0.05) is 22.4 Å². The molecule has 3 nitrogen and oxygen atoms in total. The second-order valence-electron chi connectivity index (χ2n) is 5.53. The smallest absolute Gasteiger partial charge is 0.407 e. The van der Waals surface area contributed by atoms with E-state index in [2.05, 4.69) is 21.2 Å². The Morgan fingerprint density at radius 2 is 2.12 bits per heavy atom. The molecule has 0 aromatic heterocycles. The highest BCUT2D eigenvalue weighted by molar-refractivity contribution is 9.09. The van der Waals surface area contributed by atoms with Crippen molar-refractivity contribution in [1.82, 2.24) is 5.32 Å². The van der Waals surface area contributed by atoms with Gasteiger partial charge in [0.25, 0.3) is 0 Å². The summed E-state index contributed by atoms with van der Waals surface area (Å²) in [5, 5.41) is 3.98. The van der Waals surface area contributed by atoms with Crippen LogP contribution < -0.4 is 5.32 Å². The summed E-state index contributed by atoms with van der Waals surface area (Å²) in [6.45, 7) is 5.65. The summed E-state index contributed by atoms with van der Waals surface area (Å²) in [6.07, 6.45) is 4.30. The maximum atomic E-state index is 11.6. The predicted octanol–water partition coefficient (Wildman–Crippen LogP) is 3.46. The van der Waals surface area contributed by atoms with Gasteiger partial charge in [-0.2, -0.15) is 0 Å². The van der Waals surface area contributed by atoms with Gasteiger partial charge in [0, 0.05) is 11.4 Å². The minimum Gasteiger partial charge on any atom is -0.444 e. The first-order valence-electron chi connectivity index (χ1n) is 5.96. The summed E-state index contributed by atoms with van der Waals surface area (Å²) in [4.78, 5) is 11.6. The van der Waals surface area contributed by atoms with Gasteiger partial charge >= 0.3 is 6.09 Å². The van der Waals surface area contributed by atoms with Crippen molar-refractivity contribution in [2.24, 2.45) is 5.92 Å². The summed E-state index contributed by atoms with van der Waals surface area (Å²) in [7, 11) is 0. The van der Waals surface area contributed by atoms with E-state index in [1.165, 1.54) is 12.8 Å². The van der Waals surface area contributed by atoms with Gasteiger partial charge in [-0.3, -0.25) is 0 Å². The maximum Gasteiger partial charge on any atom is 0.407 e. The van der Waals surface area contributed by atoms with Crippen molar-refractivity contribution in [1.29, 1.82) is 0 Å². The Hall–Kier alpha value is -0.250. The molecule has 0 aromatic carbocycles. The molecular weight excluding hydrogens is 270 g/mol. The minimum absolute atomic E-state index is 0.283. The summed E-state index contributed by atoms with van der Waals surface area (Å²) in [6, 6.07) is 0.283. The Labute approximate surface area is 106 Å². The highest BCUT2D eigenvalue weighted by Gasteiger charge is 2.24. The first kappa shape index (κ1) is 13.8. The van der Waals surface area contributed by atoms with Gasteiger partial charge in [0.15, 0.2) is 0 Å². The van der Waals surface area contributed by atoms with E-state index in [-0.39, 0.29) is 12.1 Å². The molecule has 0 spiro atoms. The molecule has 4 heteroatoms. The molecule has 0 aliphatic heterocycles. The van der Waals surface area contributed by atoms with Crippen molar-refractivity contribution in [2.45, 2.75) is 58.1 Å². The minimum atomic E-state index is -0.409. The molecule has 0 heterocycles. The van der Waals surface area contributed by atoms with Crippen LogP contribution in [0.1, 0.15) is 46.5 Å². The number of alkyl halides is 1. The highest BCUT2D eigenvalue weighted by atomic mass is 79.9. The van der Waals surface area contributed by atoms with E-state index in [4.69, 9.17) is 4.74 Å². The number of hydrogen-bond donors (Lipinski definition) is 1.